The maximum atomic E-state index is 14.1. The number of carbonyl (C=O) groups is 2. The number of nitrogens with one attached hydrogen (secondary N) is 1. The Hall–Kier alpha value is -3.47. The number of methoxy groups -OCH3 is 2. The number of likely N-dealkylation sites (N-methyl/N-ethyl adjacent to an activating group) is 1. The van der Waals surface area contributed by atoms with Gasteiger partial charge in [-0.3, -0.25) is 13.9 Å². The smallest absolute Gasteiger partial charge is 0.264 e. The number of benzene rings is 3. The Kier molecular flexibility index (Phi) is 10.9. The Bertz CT molecular complexity index is 1480. The minimum absolute atomic E-state index is 0.00951. The Morgan fingerprint density at radius 1 is 0.951 bits per heavy atom. The van der Waals surface area contributed by atoms with Gasteiger partial charge in [-0.15, -0.1) is 0 Å². The summed E-state index contributed by atoms with van der Waals surface area (Å²) in [5, 5.41) is 3.20. The third-order valence-corrected chi connectivity index (χ3v) is 9.06. The first-order valence-corrected chi connectivity index (χ1v) is 14.9. The molecule has 12 heteroatoms. The second-order valence-electron chi connectivity index (χ2n) is 9.12. The van der Waals surface area contributed by atoms with E-state index in [1.165, 1.54) is 50.4 Å². The van der Waals surface area contributed by atoms with E-state index in [0.717, 1.165) is 9.87 Å². The highest BCUT2D eigenvalue weighted by atomic mass is 35.5. The molecule has 1 N–H and O–H groups in total. The molecule has 0 fully saturated rings. The fourth-order valence-corrected chi connectivity index (χ4v) is 6.21. The molecule has 0 saturated heterocycles. The van der Waals surface area contributed by atoms with Crippen molar-refractivity contribution in [2.45, 2.75) is 37.8 Å². The summed E-state index contributed by atoms with van der Waals surface area (Å²) in [5.74, 6) is -0.390. The van der Waals surface area contributed by atoms with Gasteiger partial charge in [0.1, 0.15) is 12.6 Å². The number of sulfonamides is 1. The van der Waals surface area contributed by atoms with Crippen LogP contribution in [0.25, 0.3) is 0 Å². The summed E-state index contributed by atoms with van der Waals surface area (Å²) in [4.78, 5) is 28.2. The van der Waals surface area contributed by atoms with Gasteiger partial charge < -0.3 is 19.7 Å². The van der Waals surface area contributed by atoms with Gasteiger partial charge >= 0.3 is 0 Å². The summed E-state index contributed by atoms with van der Waals surface area (Å²) in [7, 11) is 0.0996. The molecule has 220 valence electrons. The quantitative estimate of drug-likeness (QED) is 0.303. The van der Waals surface area contributed by atoms with Crippen LogP contribution < -0.4 is 19.1 Å². The van der Waals surface area contributed by atoms with Crippen molar-refractivity contribution in [3.8, 4) is 11.5 Å². The monoisotopic (exact) mass is 621 g/mol. The molecule has 9 nitrogen and oxygen atoms in total. The maximum Gasteiger partial charge on any atom is 0.264 e. The zero-order valence-electron chi connectivity index (χ0n) is 23.5. The first-order chi connectivity index (χ1) is 19.5. The highest BCUT2D eigenvalue weighted by molar-refractivity contribution is 7.92. The molecule has 1 atom stereocenters. The van der Waals surface area contributed by atoms with E-state index in [0.29, 0.717) is 21.4 Å². The van der Waals surface area contributed by atoms with Gasteiger partial charge in [0.15, 0.2) is 11.5 Å². The SMILES string of the molecule is CCC(C(=O)NC)N(Cc1c(Cl)cccc1Cl)C(=O)CN(c1ccc(OC)c(OC)c1)S(=O)(=O)c1ccc(C)cc1. The maximum absolute atomic E-state index is 14.1. The van der Waals surface area contributed by atoms with Gasteiger partial charge in [0, 0.05) is 35.3 Å². The number of ether oxygens (including phenoxy) is 2. The van der Waals surface area contributed by atoms with Gasteiger partial charge in [0.25, 0.3) is 10.0 Å². The molecule has 0 aliphatic rings. The molecule has 41 heavy (non-hydrogen) atoms. The van der Waals surface area contributed by atoms with Gasteiger partial charge in [-0.25, -0.2) is 8.42 Å². The zero-order valence-corrected chi connectivity index (χ0v) is 25.8. The molecule has 0 radical (unpaired) electrons. The van der Waals surface area contributed by atoms with Crippen molar-refractivity contribution < 1.29 is 27.5 Å². The number of carbonyl (C=O) groups excluding carboxylic acids is 2. The van der Waals surface area contributed by atoms with Crippen LogP contribution in [0.4, 0.5) is 5.69 Å². The van der Waals surface area contributed by atoms with E-state index in [1.54, 1.807) is 43.3 Å². The van der Waals surface area contributed by atoms with Gasteiger partial charge in [-0.1, -0.05) is 53.9 Å². The lowest BCUT2D eigenvalue weighted by atomic mass is 10.1. The fraction of sp³-hybridized carbons (Fsp3) is 0.310. The summed E-state index contributed by atoms with van der Waals surface area (Å²) in [6.07, 6.45) is 0.258. The molecule has 0 aromatic heterocycles. The molecule has 0 aliphatic heterocycles. The van der Waals surface area contributed by atoms with Gasteiger partial charge in [0.2, 0.25) is 11.8 Å². The van der Waals surface area contributed by atoms with E-state index in [9.17, 15) is 18.0 Å². The van der Waals surface area contributed by atoms with Crippen molar-refractivity contribution in [2.24, 2.45) is 0 Å². The first-order valence-electron chi connectivity index (χ1n) is 12.7. The van der Waals surface area contributed by atoms with Crippen LogP contribution in [0.3, 0.4) is 0 Å². The second kappa shape index (κ2) is 13.9. The van der Waals surface area contributed by atoms with Crippen molar-refractivity contribution >= 4 is 50.7 Å². The average Bonchev–Trinajstić information content (AvgIpc) is 2.96. The summed E-state index contributed by atoms with van der Waals surface area (Å²) in [5.41, 5.74) is 1.47. The van der Waals surface area contributed by atoms with E-state index in [2.05, 4.69) is 5.32 Å². The molecule has 0 bridgehead atoms. The minimum Gasteiger partial charge on any atom is -0.493 e. The Morgan fingerprint density at radius 3 is 2.10 bits per heavy atom. The lowest BCUT2D eigenvalue weighted by molar-refractivity contribution is -0.140. The van der Waals surface area contributed by atoms with Gasteiger partial charge in [-0.2, -0.15) is 0 Å². The predicted molar refractivity (Wildman–Crippen MR) is 160 cm³/mol. The van der Waals surface area contributed by atoms with Crippen LogP contribution in [0.1, 0.15) is 24.5 Å². The number of anilines is 1. The Morgan fingerprint density at radius 2 is 1.56 bits per heavy atom. The highest BCUT2D eigenvalue weighted by Crippen LogP contribution is 2.34. The van der Waals surface area contributed by atoms with Crippen LogP contribution in [-0.2, 0) is 26.2 Å². The normalized spacial score (nSPS) is 11.9. The summed E-state index contributed by atoms with van der Waals surface area (Å²) < 4.78 is 39.7. The van der Waals surface area contributed by atoms with Crippen LogP contribution in [0.15, 0.2) is 65.6 Å². The topological polar surface area (TPSA) is 105 Å². The van der Waals surface area contributed by atoms with Crippen molar-refractivity contribution in [2.75, 3.05) is 32.1 Å². The third kappa shape index (κ3) is 7.25. The number of rotatable bonds is 12. The van der Waals surface area contributed by atoms with Crippen molar-refractivity contribution in [1.29, 1.82) is 0 Å². The Balaban J connectivity index is 2.15. The average molecular weight is 623 g/mol. The summed E-state index contributed by atoms with van der Waals surface area (Å²) >= 11 is 12.8. The molecule has 0 aliphatic carbocycles. The lowest BCUT2D eigenvalue weighted by Crippen LogP contribution is -2.51. The molecule has 1 unspecified atom stereocenters. The summed E-state index contributed by atoms with van der Waals surface area (Å²) in [6, 6.07) is 14.8. The van der Waals surface area contributed by atoms with Crippen LogP contribution in [0.5, 0.6) is 11.5 Å². The molecule has 0 heterocycles. The van der Waals surface area contributed by atoms with Gasteiger partial charge in [-0.05, 0) is 49.7 Å². The Labute approximate surface area is 251 Å². The molecule has 3 aromatic carbocycles. The number of nitrogens with zero attached hydrogens (tertiary/aromatic N) is 2. The molecule has 3 rings (SSSR count). The largest absolute Gasteiger partial charge is 0.493 e. The van der Waals surface area contributed by atoms with E-state index in [-0.39, 0.29) is 29.3 Å². The molecule has 0 spiro atoms. The molecule has 3 aromatic rings. The number of hydrogen-bond acceptors (Lipinski definition) is 6. The number of aryl methyl sites for hydroxylation is 1. The van der Waals surface area contributed by atoms with Crippen molar-refractivity contribution in [3.05, 3.63) is 81.8 Å². The van der Waals surface area contributed by atoms with Crippen LogP contribution in [0.2, 0.25) is 10.0 Å². The van der Waals surface area contributed by atoms with Crippen molar-refractivity contribution in [1.82, 2.24) is 10.2 Å². The number of halogens is 2. The van der Waals surface area contributed by atoms with E-state index in [4.69, 9.17) is 32.7 Å². The third-order valence-electron chi connectivity index (χ3n) is 6.57. The van der Waals surface area contributed by atoms with E-state index >= 15 is 0 Å². The lowest BCUT2D eigenvalue weighted by Gasteiger charge is -2.33. The molecule has 0 saturated carbocycles. The highest BCUT2D eigenvalue weighted by Gasteiger charge is 2.34. The number of hydrogen-bond donors (Lipinski definition) is 1. The van der Waals surface area contributed by atoms with Gasteiger partial charge in [0.05, 0.1) is 24.8 Å². The first kappa shape index (κ1) is 32.0. The van der Waals surface area contributed by atoms with Crippen molar-refractivity contribution in [3.63, 3.8) is 0 Å². The van der Waals surface area contributed by atoms with E-state index < -0.39 is 34.4 Å². The standard InChI is InChI=1S/C29H33Cl2N3O6S/c1-6-25(29(36)32-3)33(17-22-23(30)8-7-9-24(22)31)28(35)18-34(20-12-15-26(39-4)27(16-20)40-5)41(37,38)21-13-10-19(2)11-14-21/h7-16,25H,6,17-18H2,1-5H3,(H,32,36). The zero-order chi connectivity index (χ0) is 30.3. The van der Waals surface area contributed by atoms with Crippen LogP contribution in [0, 0.1) is 6.92 Å². The van der Waals surface area contributed by atoms with E-state index in [1.807, 2.05) is 6.92 Å². The van der Waals surface area contributed by atoms with Crippen LogP contribution in [-0.4, -0.2) is 59.0 Å². The number of amides is 2. The minimum atomic E-state index is -4.25. The molecule has 2 amide bonds. The van der Waals surface area contributed by atoms with Crippen LogP contribution >= 0.6 is 23.2 Å². The summed E-state index contributed by atoms with van der Waals surface area (Å²) in [6.45, 7) is 2.85. The predicted octanol–water partition coefficient (Wildman–Crippen LogP) is 5.07. The fourth-order valence-electron chi connectivity index (χ4n) is 4.29. The second-order valence-corrected chi connectivity index (χ2v) is 11.8. The molecular weight excluding hydrogens is 589 g/mol. The molecular formula is C29H33Cl2N3O6S.